The second kappa shape index (κ2) is 7.49. The van der Waals surface area contributed by atoms with Gasteiger partial charge in [-0.15, -0.1) is 0 Å². The standard InChI is InChI=1S/C16H21NO5/c1-5-21-14(19)10-13(18)11-7-6-8-12(9-11)17-15(20)22-16(2,3)4/h6-10,18H,5H2,1-4H3,(H,17,20). The SMILES string of the molecule is CCOC(=O)C=C(O)c1cccc(NC(=O)OC(C)(C)C)c1. The minimum atomic E-state index is -0.634. The molecule has 0 radical (unpaired) electrons. The molecule has 0 heterocycles. The average Bonchev–Trinajstić information content (AvgIpc) is 2.36. The van der Waals surface area contributed by atoms with Crippen molar-refractivity contribution in [1.29, 1.82) is 0 Å². The summed E-state index contributed by atoms with van der Waals surface area (Å²) in [5.41, 5.74) is 0.213. The van der Waals surface area contributed by atoms with Crippen LogP contribution >= 0.6 is 0 Å². The third-order valence-corrected chi connectivity index (χ3v) is 2.34. The molecule has 6 heteroatoms. The fourth-order valence-electron chi connectivity index (χ4n) is 1.56. The normalized spacial score (nSPS) is 11.7. The minimum Gasteiger partial charge on any atom is -0.507 e. The van der Waals surface area contributed by atoms with E-state index in [1.54, 1.807) is 45.9 Å². The van der Waals surface area contributed by atoms with Crippen LogP contribution in [0.15, 0.2) is 30.3 Å². The Labute approximate surface area is 129 Å². The van der Waals surface area contributed by atoms with E-state index < -0.39 is 17.7 Å². The molecule has 1 aromatic carbocycles. The Morgan fingerprint density at radius 1 is 1.32 bits per heavy atom. The minimum absolute atomic E-state index is 0.225. The third kappa shape index (κ3) is 6.30. The molecular weight excluding hydrogens is 286 g/mol. The zero-order chi connectivity index (χ0) is 16.8. The molecule has 0 unspecified atom stereocenters. The lowest BCUT2D eigenvalue weighted by Gasteiger charge is -2.19. The lowest BCUT2D eigenvalue weighted by atomic mass is 10.1. The summed E-state index contributed by atoms with van der Waals surface area (Å²) < 4.78 is 9.86. The van der Waals surface area contributed by atoms with E-state index in [1.807, 2.05) is 0 Å². The summed E-state index contributed by atoms with van der Waals surface area (Å²) in [4.78, 5) is 23.0. The Bertz CT molecular complexity index is 572. The van der Waals surface area contributed by atoms with Gasteiger partial charge in [-0.25, -0.2) is 9.59 Å². The molecule has 0 bridgehead atoms. The van der Waals surface area contributed by atoms with Gasteiger partial charge in [-0.2, -0.15) is 0 Å². The van der Waals surface area contributed by atoms with Gasteiger partial charge in [0, 0.05) is 11.3 Å². The Kier molecular flexibility index (Phi) is 5.98. The number of benzene rings is 1. The van der Waals surface area contributed by atoms with Crippen LogP contribution in [0.1, 0.15) is 33.3 Å². The van der Waals surface area contributed by atoms with Crippen LogP contribution in [0.5, 0.6) is 0 Å². The first-order valence-corrected chi connectivity index (χ1v) is 6.89. The molecule has 0 aliphatic rings. The summed E-state index contributed by atoms with van der Waals surface area (Å²) in [6.45, 7) is 7.18. The first kappa shape index (κ1) is 17.6. The van der Waals surface area contributed by atoms with Crippen molar-refractivity contribution in [3.8, 4) is 0 Å². The number of carbonyl (C=O) groups is 2. The number of rotatable bonds is 4. The van der Waals surface area contributed by atoms with Crippen LogP contribution in [0, 0.1) is 0 Å². The molecule has 0 saturated heterocycles. The van der Waals surface area contributed by atoms with Crippen LogP contribution in [-0.2, 0) is 14.3 Å². The largest absolute Gasteiger partial charge is 0.507 e. The first-order chi connectivity index (χ1) is 10.2. The third-order valence-electron chi connectivity index (χ3n) is 2.34. The van der Waals surface area contributed by atoms with Crippen molar-refractivity contribution in [3.05, 3.63) is 35.9 Å². The average molecular weight is 307 g/mol. The van der Waals surface area contributed by atoms with Crippen molar-refractivity contribution in [3.63, 3.8) is 0 Å². The Hall–Kier alpha value is -2.50. The van der Waals surface area contributed by atoms with E-state index in [1.165, 1.54) is 6.07 Å². The van der Waals surface area contributed by atoms with Gasteiger partial charge in [0.05, 0.1) is 12.7 Å². The van der Waals surface area contributed by atoms with E-state index >= 15 is 0 Å². The highest BCUT2D eigenvalue weighted by Crippen LogP contribution is 2.18. The monoisotopic (exact) mass is 307 g/mol. The molecule has 0 atom stereocenters. The van der Waals surface area contributed by atoms with Crippen LogP contribution in [0.25, 0.3) is 5.76 Å². The number of aliphatic hydroxyl groups is 1. The molecule has 22 heavy (non-hydrogen) atoms. The van der Waals surface area contributed by atoms with Crippen molar-refractivity contribution < 1.29 is 24.2 Å². The number of ether oxygens (including phenoxy) is 2. The van der Waals surface area contributed by atoms with Gasteiger partial charge < -0.3 is 14.6 Å². The maximum absolute atomic E-state index is 11.7. The summed E-state index contributed by atoms with van der Waals surface area (Å²) in [6.07, 6.45) is 0.384. The summed E-state index contributed by atoms with van der Waals surface area (Å²) in [6, 6.07) is 6.41. The number of nitrogens with one attached hydrogen (secondary N) is 1. The quantitative estimate of drug-likeness (QED) is 0.505. The smallest absolute Gasteiger partial charge is 0.412 e. The van der Waals surface area contributed by atoms with Crippen LogP contribution in [0.3, 0.4) is 0 Å². The molecule has 0 saturated carbocycles. The summed E-state index contributed by atoms with van der Waals surface area (Å²) >= 11 is 0. The number of esters is 1. The zero-order valence-electron chi connectivity index (χ0n) is 13.2. The van der Waals surface area contributed by atoms with Crippen molar-refractivity contribution in [1.82, 2.24) is 0 Å². The van der Waals surface area contributed by atoms with Gasteiger partial charge in [-0.05, 0) is 39.8 Å². The lowest BCUT2D eigenvalue weighted by Crippen LogP contribution is -2.27. The van der Waals surface area contributed by atoms with E-state index in [2.05, 4.69) is 5.32 Å². The molecule has 0 spiro atoms. The summed E-state index contributed by atoms with van der Waals surface area (Å²) in [5.74, 6) is -0.878. The fourth-order valence-corrected chi connectivity index (χ4v) is 1.56. The van der Waals surface area contributed by atoms with Gasteiger partial charge in [0.2, 0.25) is 0 Å². The van der Waals surface area contributed by atoms with Crippen LogP contribution in [0.4, 0.5) is 10.5 Å². The highest BCUT2D eigenvalue weighted by molar-refractivity contribution is 5.90. The number of hydrogen-bond acceptors (Lipinski definition) is 5. The van der Waals surface area contributed by atoms with Crippen LogP contribution < -0.4 is 5.32 Å². The van der Waals surface area contributed by atoms with Crippen molar-refractivity contribution in [2.75, 3.05) is 11.9 Å². The first-order valence-electron chi connectivity index (χ1n) is 6.89. The lowest BCUT2D eigenvalue weighted by molar-refractivity contribution is -0.137. The molecule has 1 aromatic rings. The number of carbonyl (C=O) groups excluding carboxylic acids is 2. The number of amides is 1. The maximum atomic E-state index is 11.7. The van der Waals surface area contributed by atoms with E-state index in [-0.39, 0.29) is 12.4 Å². The number of hydrogen-bond donors (Lipinski definition) is 2. The molecule has 1 amide bonds. The highest BCUT2D eigenvalue weighted by atomic mass is 16.6. The highest BCUT2D eigenvalue weighted by Gasteiger charge is 2.16. The van der Waals surface area contributed by atoms with E-state index in [0.717, 1.165) is 6.08 Å². The maximum Gasteiger partial charge on any atom is 0.412 e. The predicted octanol–water partition coefficient (Wildman–Crippen LogP) is 3.50. The topological polar surface area (TPSA) is 84.9 Å². The van der Waals surface area contributed by atoms with Gasteiger partial charge in [-0.1, -0.05) is 12.1 Å². The van der Waals surface area contributed by atoms with Crippen LogP contribution in [-0.4, -0.2) is 29.4 Å². The van der Waals surface area contributed by atoms with E-state index in [4.69, 9.17) is 9.47 Å². The summed E-state index contributed by atoms with van der Waals surface area (Å²) in [5, 5.41) is 12.4. The molecule has 0 fully saturated rings. The molecule has 120 valence electrons. The number of aliphatic hydroxyl groups excluding tert-OH is 1. The van der Waals surface area contributed by atoms with Gasteiger partial charge in [-0.3, -0.25) is 5.32 Å². The molecule has 1 rings (SSSR count). The molecule has 0 aromatic heterocycles. The Morgan fingerprint density at radius 2 is 2.00 bits per heavy atom. The van der Waals surface area contributed by atoms with Gasteiger partial charge >= 0.3 is 12.1 Å². The fraction of sp³-hybridized carbons (Fsp3) is 0.375. The second-order valence-corrected chi connectivity index (χ2v) is 5.49. The predicted molar refractivity (Wildman–Crippen MR) is 83.5 cm³/mol. The zero-order valence-corrected chi connectivity index (χ0v) is 13.2. The number of anilines is 1. The van der Waals surface area contributed by atoms with E-state index in [0.29, 0.717) is 11.3 Å². The molecule has 2 N–H and O–H groups in total. The molecular formula is C16H21NO5. The Balaban J connectivity index is 2.82. The van der Waals surface area contributed by atoms with Crippen molar-refractivity contribution >= 4 is 23.5 Å². The molecule has 0 aliphatic carbocycles. The Morgan fingerprint density at radius 3 is 2.59 bits per heavy atom. The van der Waals surface area contributed by atoms with Crippen LogP contribution in [0.2, 0.25) is 0 Å². The van der Waals surface area contributed by atoms with Crippen molar-refractivity contribution in [2.45, 2.75) is 33.3 Å². The van der Waals surface area contributed by atoms with Crippen molar-refractivity contribution in [2.24, 2.45) is 0 Å². The summed E-state index contributed by atoms with van der Waals surface area (Å²) in [7, 11) is 0. The van der Waals surface area contributed by atoms with E-state index in [9.17, 15) is 14.7 Å². The van der Waals surface area contributed by atoms with Gasteiger partial charge in [0.1, 0.15) is 11.4 Å². The van der Waals surface area contributed by atoms with Gasteiger partial charge in [0.15, 0.2) is 0 Å². The molecule has 0 aliphatic heterocycles. The van der Waals surface area contributed by atoms with Gasteiger partial charge in [0.25, 0.3) is 0 Å². The second-order valence-electron chi connectivity index (χ2n) is 5.49. The molecule has 6 nitrogen and oxygen atoms in total.